The molecular weight excluding hydrogens is 446 g/mol. The minimum absolute atomic E-state index is 0.213. The highest BCUT2D eigenvalue weighted by Crippen LogP contribution is 2.21. The largest absolute Gasteiger partial charge is 0.469 e. The fourth-order valence-electron chi connectivity index (χ4n) is 1.55. The van der Waals surface area contributed by atoms with Gasteiger partial charge in [0.2, 0.25) is 0 Å². The minimum Gasteiger partial charge on any atom is -0.469 e. The Morgan fingerprint density at radius 2 is 2.18 bits per heavy atom. The lowest BCUT2D eigenvalue weighted by atomic mass is 10.3. The molecule has 4 nitrogen and oxygen atoms in total. The number of nitrogens with zero attached hydrogens (tertiary/aromatic N) is 2. The zero-order chi connectivity index (χ0) is 12.6. The Morgan fingerprint density at radius 3 is 2.82 bits per heavy atom. The number of esters is 1. The highest BCUT2D eigenvalue weighted by Gasteiger charge is 2.12. The molecule has 0 bridgehead atoms. The topological polar surface area (TPSA) is 43.6 Å². The van der Waals surface area contributed by atoms with Crippen molar-refractivity contribution in [3.05, 3.63) is 30.8 Å². The van der Waals surface area contributed by atoms with Gasteiger partial charge in [0, 0.05) is 15.5 Å². The van der Waals surface area contributed by atoms with Gasteiger partial charge in [0.05, 0.1) is 22.8 Å². The average Bonchev–Trinajstić information content (AvgIpc) is 2.70. The van der Waals surface area contributed by atoms with Gasteiger partial charge in [-0.05, 0) is 58.2 Å². The number of aryl methyl sites for hydroxylation is 1. The van der Waals surface area contributed by atoms with E-state index < -0.39 is 0 Å². The third-order valence-electron chi connectivity index (χ3n) is 2.48. The van der Waals surface area contributed by atoms with E-state index in [4.69, 9.17) is 0 Å². The molecule has 2 aromatic heterocycles. The van der Waals surface area contributed by atoms with E-state index >= 15 is 0 Å². The van der Waals surface area contributed by atoms with Crippen molar-refractivity contribution in [2.75, 3.05) is 7.11 Å². The summed E-state index contributed by atoms with van der Waals surface area (Å²) in [7, 11) is 1.38. The Morgan fingerprint density at radius 1 is 1.47 bits per heavy atom. The van der Waals surface area contributed by atoms with Crippen LogP contribution in [0.4, 0.5) is 0 Å². The Hall–Kier alpha value is -0.380. The molecule has 90 valence electrons. The Balaban J connectivity index is 2.53. The number of aromatic nitrogens is 2. The van der Waals surface area contributed by atoms with Crippen LogP contribution in [-0.2, 0) is 16.0 Å². The second-order valence-corrected chi connectivity index (χ2v) is 5.93. The number of hydrogen-bond acceptors (Lipinski definition) is 3. The van der Waals surface area contributed by atoms with Crippen LogP contribution in [0.1, 0.15) is 11.4 Å². The van der Waals surface area contributed by atoms with Crippen molar-refractivity contribution in [2.45, 2.75) is 13.3 Å². The summed E-state index contributed by atoms with van der Waals surface area (Å²) in [4.78, 5) is 15.7. The Bertz CT molecular complexity index is 593. The molecule has 0 aliphatic carbocycles. The lowest BCUT2D eigenvalue weighted by molar-refractivity contribution is -0.139. The molecule has 0 atom stereocenters. The van der Waals surface area contributed by atoms with Gasteiger partial charge >= 0.3 is 5.97 Å². The van der Waals surface area contributed by atoms with Crippen LogP contribution < -0.4 is 0 Å². The van der Waals surface area contributed by atoms with Gasteiger partial charge in [0.15, 0.2) is 5.65 Å². The summed E-state index contributed by atoms with van der Waals surface area (Å²) in [6.07, 6.45) is 2.11. The zero-order valence-electron chi connectivity index (χ0n) is 9.33. The van der Waals surface area contributed by atoms with E-state index in [-0.39, 0.29) is 12.4 Å². The molecule has 0 unspecified atom stereocenters. The molecule has 2 aromatic rings. The molecule has 0 aliphatic heterocycles. The van der Waals surface area contributed by atoms with Crippen molar-refractivity contribution in [1.29, 1.82) is 0 Å². The van der Waals surface area contributed by atoms with Crippen LogP contribution in [0, 0.1) is 14.1 Å². The zero-order valence-corrected chi connectivity index (χ0v) is 13.6. The van der Waals surface area contributed by atoms with Crippen LogP contribution in [-0.4, -0.2) is 22.5 Å². The number of methoxy groups -OCH3 is 1. The molecule has 0 radical (unpaired) electrons. The molecule has 0 saturated heterocycles. The lowest BCUT2D eigenvalue weighted by Crippen LogP contribution is -2.04. The van der Waals surface area contributed by atoms with Crippen molar-refractivity contribution in [2.24, 2.45) is 0 Å². The fraction of sp³-hybridized carbons (Fsp3) is 0.273. The third-order valence-corrected chi connectivity index (χ3v) is 4.37. The number of ether oxygens (including phenoxy) is 1. The maximum Gasteiger partial charge on any atom is 0.311 e. The quantitative estimate of drug-likeness (QED) is 0.516. The first-order chi connectivity index (χ1) is 8.02. The van der Waals surface area contributed by atoms with Crippen LogP contribution in [0.3, 0.4) is 0 Å². The van der Waals surface area contributed by atoms with Gasteiger partial charge in [-0.15, -0.1) is 0 Å². The first-order valence-electron chi connectivity index (χ1n) is 4.92. The smallest absolute Gasteiger partial charge is 0.311 e. The number of hydrogen-bond donors (Lipinski definition) is 0. The molecule has 0 N–H and O–H groups in total. The summed E-state index contributed by atoms with van der Waals surface area (Å²) in [5, 5.41) is 0. The Labute approximate surface area is 126 Å². The third kappa shape index (κ3) is 2.56. The van der Waals surface area contributed by atoms with Gasteiger partial charge in [0.25, 0.3) is 0 Å². The molecular formula is C11H10I2N2O2. The molecule has 0 fully saturated rings. The molecule has 0 amide bonds. The van der Waals surface area contributed by atoms with E-state index in [1.165, 1.54) is 10.7 Å². The fourth-order valence-corrected chi connectivity index (χ4v) is 3.41. The van der Waals surface area contributed by atoms with Crippen LogP contribution in [0.2, 0.25) is 0 Å². The van der Waals surface area contributed by atoms with Crippen LogP contribution in [0.15, 0.2) is 12.3 Å². The van der Waals surface area contributed by atoms with E-state index in [2.05, 4.69) is 61.0 Å². The molecule has 2 rings (SSSR count). The number of carbonyl (C=O) groups excluding carboxylic acids is 1. The van der Waals surface area contributed by atoms with Crippen molar-refractivity contribution in [1.82, 2.24) is 9.38 Å². The summed E-state index contributed by atoms with van der Waals surface area (Å²) in [5.41, 5.74) is 2.76. The van der Waals surface area contributed by atoms with Gasteiger partial charge in [-0.3, -0.25) is 4.79 Å². The van der Waals surface area contributed by atoms with Crippen molar-refractivity contribution in [3.8, 4) is 0 Å². The minimum atomic E-state index is -0.268. The van der Waals surface area contributed by atoms with Gasteiger partial charge < -0.3 is 9.14 Å². The predicted molar refractivity (Wildman–Crippen MR) is 81.1 cm³/mol. The molecule has 0 saturated carbocycles. The lowest BCUT2D eigenvalue weighted by Gasteiger charge is -2.03. The standard InChI is InChI=1S/C11H10I2N2O2/c1-6-8(12)4-9(13)11-14-7(5-15(6)11)3-10(16)17-2/h4-5H,3H2,1-2H3. The van der Waals surface area contributed by atoms with Gasteiger partial charge in [-0.1, -0.05) is 0 Å². The first kappa shape index (κ1) is 13.1. The number of rotatable bonds is 2. The molecule has 0 aromatic carbocycles. The predicted octanol–water partition coefficient (Wildman–Crippen LogP) is 2.57. The number of halogens is 2. The monoisotopic (exact) mass is 456 g/mol. The molecule has 6 heteroatoms. The van der Waals surface area contributed by atoms with Crippen molar-refractivity contribution in [3.63, 3.8) is 0 Å². The highest BCUT2D eigenvalue weighted by molar-refractivity contribution is 14.1. The second kappa shape index (κ2) is 5.09. The number of fused-ring (bicyclic) bond motifs is 1. The highest BCUT2D eigenvalue weighted by atomic mass is 127. The first-order valence-corrected chi connectivity index (χ1v) is 7.08. The second-order valence-electron chi connectivity index (χ2n) is 3.60. The number of carbonyl (C=O) groups is 1. The van der Waals surface area contributed by atoms with E-state index in [0.717, 1.165) is 20.6 Å². The van der Waals surface area contributed by atoms with E-state index in [9.17, 15) is 4.79 Å². The summed E-state index contributed by atoms with van der Waals surface area (Å²) in [6, 6.07) is 2.08. The van der Waals surface area contributed by atoms with Gasteiger partial charge in [-0.25, -0.2) is 4.98 Å². The van der Waals surface area contributed by atoms with Crippen molar-refractivity contribution < 1.29 is 9.53 Å². The summed E-state index contributed by atoms with van der Waals surface area (Å²) in [5.74, 6) is -0.268. The van der Waals surface area contributed by atoms with E-state index in [1.807, 2.05) is 17.5 Å². The molecule has 2 heterocycles. The Kier molecular flexibility index (Phi) is 3.91. The summed E-state index contributed by atoms with van der Waals surface area (Å²) >= 11 is 4.55. The SMILES string of the molecule is COC(=O)Cc1cn2c(C)c(I)cc(I)c2n1. The molecule has 0 spiro atoms. The van der Waals surface area contributed by atoms with Crippen LogP contribution in [0.25, 0.3) is 5.65 Å². The number of pyridine rings is 1. The number of imidazole rings is 1. The van der Waals surface area contributed by atoms with E-state index in [1.54, 1.807) is 0 Å². The summed E-state index contributed by atoms with van der Waals surface area (Å²) in [6.45, 7) is 2.04. The normalized spacial score (nSPS) is 10.8. The molecule has 0 aliphatic rings. The van der Waals surface area contributed by atoms with E-state index in [0.29, 0.717) is 0 Å². The van der Waals surface area contributed by atoms with Gasteiger partial charge in [-0.2, -0.15) is 0 Å². The van der Waals surface area contributed by atoms with Crippen molar-refractivity contribution >= 4 is 56.8 Å². The van der Waals surface area contributed by atoms with Crippen LogP contribution >= 0.6 is 45.2 Å². The van der Waals surface area contributed by atoms with Gasteiger partial charge in [0.1, 0.15) is 0 Å². The van der Waals surface area contributed by atoms with Crippen LogP contribution in [0.5, 0.6) is 0 Å². The summed E-state index contributed by atoms with van der Waals surface area (Å²) < 4.78 is 8.92. The maximum atomic E-state index is 11.2. The average molecular weight is 456 g/mol. The maximum absolute atomic E-state index is 11.2. The molecule has 17 heavy (non-hydrogen) atoms.